The van der Waals surface area contributed by atoms with Crippen LogP contribution in [0.4, 0.5) is 0 Å². The monoisotopic (exact) mass is 439 g/mol. The third-order valence-corrected chi connectivity index (χ3v) is 5.54. The van der Waals surface area contributed by atoms with Crippen LogP contribution in [0.15, 0.2) is 47.3 Å². The van der Waals surface area contributed by atoms with E-state index in [-0.39, 0.29) is 5.56 Å². The van der Waals surface area contributed by atoms with Gasteiger partial charge in [0.25, 0.3) is 5.56 Å². The smallest absolute Gasteiger partial charge is 0.253 e. The van der Waals surface area contributed by atoms with Gasteiger partial charge in [-0.2, -0.15) is 0 Å². The number of nitrogens with one attached hydrogen (secondary N) is 2. The Morgan fingerprint density at radius 3 is 2.52 bits per heavy atom. The number of nitrogens with zero attached hydrogens (tertiary/aromatic N) is 1. The summed E-state index contributed by atoms with van der Waals surface area (Å²) in [4.78, 5) is 17.9. The number of aromatic amines is 1. The summed E-state index contributed by atoms with van der Waals surface area (Å²) in [5.41, 5.74) is 4.74. The van der Waals surface area contributed by atoms with Gasteiger partial charge in [-0.25, -0.2) is 0 Å². The van der Waals surface area contributed by atoms with Gasteiger partial charge in [0, 0.05) is 25.8 Å². The lowest BCUT2D eigenvalue weighted by Gasteiger charge is -2.26. The Bertz CT molecular complexity index is 1110. The molecule has 3 rings (SSSR count). The van der Waals surface area contributed by atoms with Gasteiger partial charge in [-0.05, 0) is 66.8 Å². The van der Waals surface area contributed by atoms with Crippen molar-refractivity contribution in [2.24, 2.45) is 0 Å². The van der Waals surface area contributed by atoms with E-state index in [1.165, 1.54) is 0 Å². The van der Waals surface area contributed by atoms with Crippen LogP contribution < -0.4 is 15.6 Å². The van der Waals surface area contributed by atoms with Crippen LogP contribution in [0.25, 0.3) is 10.9 Å². The average Bonchev–Trinajstić information content (AvgIpc) is 2.75. The molecule has 7 heteroatoms. The van der Waals surface area contributed by atoms with Crippen LogP contribution in [0.3, 0.4) is 0 Å². The second kappa shape index (κ2) is 10.4. The maximum absolute atomic E-state index is 12.8. The average molecular weight is 440 g/mol. The van der Waals surface area contributed by atoms with Gasteiger partial charge in [-0.3, -0.25) is 4.79 Å². The molecule has 1 aromatic heterocycles. The van der Waals surface area contributed by atoms with E-state index < -0.39 is 0 Å². The third-order valence-electron chi connectivity index (χ3n) is 5.13. The van der Waals surface area contributed by atoms with E-state index in [0.29, 0.717) is 36.9 Å². The van der Waals surface area contributed by atoms with Crippen molar-refractivity contribution in [2.45, 2.75) is 26.9 Å². The summed E-state index contributed by atoms with van der Waals surface area (Å²) in [6.07, 6.45) is 0. The summed E-state index contributed by atoms with van der Waals surface area (Å²) in [5, 5.41) is 4.82. The maximum Gasteiger partial charge on any atom is 0.253 e. The van der Waals surface area contributed by atoms with Crippen LogP contribution in [0, 0.1) is 13.8 Å². The Balaban J connectivity index is 1.90. The van der Waals surface area contributed by atoms with Crippen molar-refractivity contribution >= 4 is 28.2 Å². The van der Waals surface area contributed by atoms with E-state index in [1.54, 1.807) is 14.2 Å². The molecule has 0 aliphatic carbocycles. The summed E-state index contributed by atoms with van der Waals surface area (Å²) in [5.74, 6) is 0.799. The summed E-state index contributed by atoms with van der Waals surface area (Å²) in [6, 6.07) is 14.0. The molecule has 0 aliphatic heterocycles. The standard InChI is InChI=1S/C24H29N3O3S/c1-16-11-17(2)22-19(12-16)13-20(23(28)26-22)15-27(24(31)25-9-10-29-3)14-18-5-7-21(30-4)8-6-18/h5-8,11-13H,9-10,14-15H2,1-4H3,(H,25,31)(H,26,28). The van der Waals surface area contributed by atoms with E-state index in [0.717, 1.165) is 33.3 Å². The van der Waals surface area contributed by atoms with E-state index in [1.807, 2.05) is 42.2 Å². The minimum atomic E-state index is -0.0983. The highest BCUT2D eigenvalue weighted by Crippen LogP contribution is 2.19. The molecule has 0 bridgehead atoms. The van der Waals surface area contributed by atoms with Gasteiger partial charge in [0.05, 0.1) is 25.8 Å². The predicted molar refractivity (Wildman–Crippen MR) is 129 cm³/mol. The first-order valence-electron chi connectivity index (χ1n) is 10.2. The zero-order valence-electron chi connectivity index (χ0n) is 18.5. The second-order valence-corrected chi connectivity index (χ2v) is 7.99. The SMILES string of the molecule is COCCNC(=S)N(Cc1ccc(OC)cc1)Cc1cc2cc(C)cc(C)c2[nH]c1=O. The van der Waals surface area contributed by atoms with Crippen LogP contribution in [-0.4, -0.2) is 42.4 Å². The Labute approximate surface area is 188 Å². The van der Waals surface area contributed by atoms with E-state index in [9.17, 15) is 4.79 Å². The van der Waals surface area contributed by atoms with E-state index >= 15 is 0 Å². The number of benzene rings is 2. The molecule has 0 unspecified atom stereocenters. The molecule has 2 aromatic carbocycles. The lowest BCUT2D eigenvalue weighted by atomic mass is 10.1. The highest BCUT2D eigenvalue weighted by atomic mass is 32.1. The number of pyridine rings is 1. The van der Waals surface area contributed by atoms with Gasteiger partial charge in [0.2, 0.25) is 0 Å². The van der Waals surface area contributed by atoms with Crippen molar-refractivity contribution in [2.75, 3.05) is 27.4 Å². The molecule has 164 valence electrons. The normalized spacial score (nSPS) is 10.8. The Hall–Kier alpha value is -2.90. The molecular weight excluding hydrogens is 410 g/mol. The van der Waals surface area contributed by atoms with Gasteiger partial charge >= 0.3 is 0 Å². The number of aromatic nitrogens is 1. The molecule has 0 spiro atoms. The van der Waals surface area contributed by atoms with Gasteiger partial charge in [0.15, 0.2) is 5.11 Å². The summed E-state index contributed by atoms with van der Waals surface area (Å²) < 4.78 is 10.4. The molecule has 0 atom stereocenters. The lowest BCUT2D eigenvalue weighted by molar-refractivity contribution is 0.202. The predicted octanol–water partition coefficient (Wildman–Crippen LogP) is 3.68. The molecule has 0 radical (unpaired) electrons. The zero-order chi connectivity index (χ0) is 22.4. The second-order valence-electron chi connectivity index (χ2n) is 7.60. The minimum absolute atomic E-state index is 0.0983. The van der Waals surface area contributed by atoms with Crippen molar-refractivity contribution in [1.29, 1.82) is 0 Å². The largest absolute Gasteiger partial charge is 0.497 e. The van der Waals surface area contributed by atoms with Gasteiger partial charge in [0.1, 0.15) is 5.75 Å². The van der Waals surface area contributed by atoms with Crippen molar-refractivity contribution in [3.63, 3.8) is 0 Å². The van der Waals surface area contributed by atoms with Gasteiger partial charge in [-0.15, -0.1) is 0 Å². The topological polar surface area (TPSA) is 66.6 Å². The number of rotatable bonds is 8. The Kier molecular flexibility index (Phi) is 7.65. The molecule has 0 fully saturated rings. The summed E-state index contributed by atoms with van der Waals surface area (Å²) >= 11 is 5.64. The van der Waals surface area contributed by atoms with Crippen molar-refractivity contribution < 1.29 is 9.47 Å². The molecule has 3 aromatic rings. The van der Waals surface area contributed by atoms with Gasteiger partial charge < -0.3 is 24.7 Å². The molecule has 0 aliphatic rings. The Morgan fingerprint density at radius 2 is 1.84 bits per heavy atom. The molecule has 31 heavy (non-hydrogen) atoms. The summed E-state index contributed by atoms with van der Waals surface area (Å²) in [6.45, 7) is 6.17. The first-order chi connectivity index (χ1) is 14.9. The fraction of sp³-hybridized carbons (Fsp3) is 0.333. The number of aryl methyl sites for hydroxylation is 2. The quantitative estimate of drug-likeness (QED) is 0.412. The molecule has 0 saturated heterocycles. The van der Waals surface area contributed by atoms with Crippen molar-refractivity contribution in [3.8, 4) is 5.75 Å². The van der Waals surface area contributed by atoms with E-state index in [2.05, 4.69) is 29.4 Å². The summed E-state index contributed by atoms with van der Waals surface area (Å²) in [7, 11) is 3.30. The lowest BCUT2D eigenvalue weighted by Crippen LogP contribution is -2.41. The van der Waals surface area contributed by atoms with Crippen molar-refractivity contribution in [3.05, 3.63) is 75.1 Å². The van der Waals surface area contributed by atoms with E-state index in [4.69, 9.17) is 21.7 Å². The zero-order valence-corrected chi connectivity index (χ0v) is 19.3. The van der Waals surface area contributed by atoms with Crippen LogP contribution in [0.1, 0.15) is 22.3 Å². The fourth-order valence-corrected chi connectivity index (χ4v) is 3.81. The first kappa shape index (κ1) is 22.8. The minimum Gasteiger partial charge on any atom is -0.497 e. The fourth-order valence-electron chi connectivity index (χ4n) is 3.58. The highest BCUT2D eigenvalue weighted by Gasteiger charge is 2.15. The number of hydrogen-bond donors (Lipinski definition) is 2. The van der Waals surface area contributed by atoms with Crippen LogP contribution in [-0.2, 0) is 17.8 Å². The Morgan fingerprint density at radius 1 is 1.10 bits per heavy atom. The molecule has 1 heterocycles. The molecular formula is C24H29N3O3S. The number of hydrogen-bond acceptors (Lipinski definition) is 4. The van der Waals surface area contributed by atoms with Crippen LogP contribution >= 0.6 is 12.2 Å². The highest BCUT2D eigenvalue weighted by molar-refractivity contribution is 7.80. The number of methoxy groups -OCH3 is 2. The molecule has 6 nitrogen and oxygen atoms in total. The number of thiocarbonyl (C=S) groups is 1. The molecule has 2 N–H and O–H groups in total. The number of ether oxygens (including phenoxy) is 2. The molecule has 0 saturated carbocycles. The molecule has 0 amide bonds. The van der Waals surface area contributed by atoms with Crippen LogP contribution in [0.5, 0.6) is 5.75 Å². The van der Waals surface area contributed by atoms with Gasteiger partial charge in [-0.1, -0.05) is 23.8 Å². The van der Waals surface area contributed by atoms with Crippen LogP contribution in [0.2, 0.25) is 0 Å². The maximum atomic E-state index is 12.8. The number of fused-ring (bicyclic) bond motifs is 1. The number of H-pyrrole nitrogens is 1. The third kappa shape index (κ3) is 5.83. The first-order valence-corrected chi connectivity index (χ1v) is 10.6. The van der Waals surface area contributed by atoms with Crippen molar-refractivity contribution in [1.82, 2.24) is 15.2 Å².